The van der Waals surface area contributed by atoms with Gasteiger partial charge in [0.1, 0.15) is 0 Å². The highest BCUT2D eigenvalue weighted by Crippen LogP contribution is 2.22. The number of rotatable bonds is 1. The lowest BCUT2D eigenvalue weighted by Gasteiger charge is -2.01. The van der Waals surface area contributed by atoms with E-state index in [-0.39, 0.29) is 4.90 Å². The van der Waals surface area contributed by atoms with Crippen LogP contribution < -0.4 is 0 Å². The van der Waals surface area contributed by atoms with Crippen LogP contribution in [-0.4, -0.2) is 8.42 Å². The lowest BCUT2D eigenvalue weighted by Crippen LogP contribution is -1.89. The van der Waals surface area contributed by atoms with Gasteiger partial charge in [-0.15, -0.1) is 0 Å². The molecule has 0 unspecified atom stereocenters. The highest BCUT2D eigenvalue weighted by atomic mass is 35.7. The first-order valence-corrected chi connectivity index (χ1v) is 6.73. The molecule has 0 aromatic heterocycles. The second kappa shape index (κ2) is 3.51. The number of halogens is 1. The summed E-state index contributed by atoms with van der Waals surface area (Å²) in [6.07, 6.45) is 0. The topological polar surface area (TPSA) is 34.1 Å². The van der Waals surface area contributed by atoms with Crippen LogP contribution in [-0.2, 0) is 9.05 Å². The minimum atomic E-state index is -3.63. The Labute approximate surface area is 92.9 Å². The second-order valence-electron chi connectivity index (χ2n) is 3.45. The van der Waals surface area contributed by atoms with Gasteiger partial charge in [0.15, 0.2) is 0 Å². The molecule has 0 radical (unpaired) electrons. The molecule has 2 aromatic carbocycles. The molecule has 0 aliphatic rings. The molecule has 0 aliphatic carbocycles. The zero-order chi connectivity index (χ0) is 11.1. The van der Waals surface area contributed by atoms with E-state index in [4.69, 9.17) is 10.7 Å². The monoisotopic (exact) mass is 240 g/mol. The molecular weight excluding hydrogens is 232 g/mol. The molecule has 15 heavy (non-hydrogen) atoms. The quantitative estimate of drug-likeness (QED) is 0.718. The highest BCUT2D eigenvalue weighted by Gasteiger charge is 2.09. The van der Waals surface area contributed by atoms with E-state index >= 15 is 0 Å². The molecule has 0 fully saturated rings. The Morgan fingerprint density at radius 2 is 1.60 bits per heavy atom. The van der Waals surface area contributed by atoms with E-state index < -0.39 is 9.05 Å². The average Bonchev–Trinajstić information content (AvgIpc) is 2.15. The number of fused-ring (bicyclic) bond motifs is 1. The van der Waals surface area contributed by atoms with E-state index in [1.54, 1.807) is 12.1 Å². The van der Waals surface area contributed by atoms with Crippen molar-refractivity contribution in [2.75, 3.05) is 0 Å². The van der Waals surface area contributed by atoms with Crippen molar-refractivity contribution in [3.05, 3.63) is 42.0 Å². The molecule has 0 atom stereocenters. The maximum absolute atomic E-state index is 11.1. The Kier molecular flexibility index (Phi) is 2.44. The molecular formula is C11H9ClO2S. The van der Waals surface area contributed by atoms with E-state index in [2.05, 4.69) is 0 Å². The standard InChI is InChI=1S/C11H9ClO2S/c1-8-2-3-10-7-11(15(12,13)14)5-4-9(10)6-8/h2-7H,1H3. The highest BCUT2D eigenvalue weighted by molar-refractivity contribution is 8.13. The zero-order valence-electron chi connectivity index (χ0n) is 8.07. The van der Waals surface area contributed by atoms with Crippen LogP contribution in [0.5, 0.6) is 0 Å². The Hall–Kier alpha value is -1.06. The molecule has 2 nitrogen and oxygen atoms in total. The molecule has 2 rings (SSSR count). The molecule has 0 spiro atoms. The van der Waals surface area contributed by atoms with Crippen molar-refractivity contribution in [1.29, 1.82) is 0 Å². The van der Waals surface area contributed by atoms with Crippen molar-refractivity contribution in [1.82, 2.24) is 0 Å². The molecule has 0 aliphatic heterocycles. The summed E-state index contributed by atoms with van der Waals surface area (Å²) < 4.78 is 22.2. The fraction of sp³-hybridized carbons (Fsp3) is 0.0909. The van der Waals surface area contributed by atoms with E-state index in [1.165, 1.54) is 6.07 Å². The van der Waals surface area contributed by atoms with Crippen molar-refractivity contribution < 1.29 is 8.42 Å². The van der Waals surface area contributed by atoms with Crippen LogP contribution in [0.1, 0.15) is 5.56 Å². The molecule has 0 N–H and O–H groups in total. The van der Waals surface area contributed by atoms with Crippen LogP contribution in [0.3, 0.4) is 0 Å². The summed E-state index contributed by atoms with van der Waals surface area (Å²) >= 11 is 0. The molecule has 2 aromatic rings. The lowest BCUT2D eigenvalue weighted by atomic mass is 10.1. The summed E-state index contributed by atoms with van der Waals surface area (Å²) in [5.41, 5.74) is 1.14. The van der Waals surface area contributed by atoms with E-state index in [1.807, 2.05) is 25.1 Å². The van der Waals surface area contributed by atoms with Gasteiger partial charge in [0.05, 0.1) is 4.90 Å². The first-order valence-electron chi connectivity index (χ1n) is 4.42. The van der Waals surface area contributed by atoms with Gasteiger partial charge in [-0.1, -0.05) is 29.8 Å². The summed E-state index contributed by atoms with van der Waals surface area (Å²) in [4.78, 5) is 0.139. The number of benzene rings is 2. The van der Waals surface area contributed by atoms with Gasteiger partial charge in [0, 0.05) is 10.7 Å². The van der Waals surface area contributed by atoms with Crippen LogP contribution in [0.15, 0.2) is 41.3 Å². The van der Waals surface area contributed by atoms with Gasteiger partial charge >= 0.3 is 0 Å². The van der Waals surface area contributed by atoms with Crippen LogP contribution in [0.2, 0.25) is 0 Å². The van der Waals surface area contributed by atoms with Crippen molar-refractivity contribution in [2.45, 2.75) is 11.8 Å². The molecule has 0 amide bonds. The molecule has 0 bridgehead atoms. The van der Waals surface area contributed by atoms with E-state index in [0.29, 0.717) is 0 Å². The Bertz CT molecular complexity index is 618. The second-order valence-corrected chi connectivity index (χ2v) is 6.02. The average molecular weight is 241 g/mol. The molecule has 78 valence electrons. The fourth-order valence-electron chi connectivity index (χ4n) is 1.49. The fourth-order valence-corrected chi connectivity index (χ4v) is 2.28. The maximum atomic E-state index is 11.1. The van der Waals surface area contributed by atoms with E-state index in [9.17, 15) is 8.42 Å². The van der Waals surface area contributed by atoms with Crippen molar-refractivity contribution in [3.8, 4) is 0 Å². The van der Waals surface area contributed by atoms with Gasteiger partial charge < -0.3 is 0 Å². The van der Waals surface area contributed by atoms with Crippen LogP contribution >= 0.6 is 10.7 Å². The van der Waals surface area contributed by atoms with Gasteiger partial charge in [-0.3, -0.25) is 0 Å². The zero-order valence-corrected chi connectivity index (χ0v) is 9.64. The summed E-state index contributed by atoms with van der Waals surface area (Å²) in [5.74, 6) is 0. The van der Waals surface area contributed by atoms with Crippen molar-refractivity contribution in [3.63, 3.8) is 0 Å². The Morgan fingerprint density at radius 3 is 2.27 bits per heavy atom. The minimum Gasteiger partial charge on any atom is -0.207 e. The number of hydrogen-bond acceptors (Lipinski definition) is 2. The normalized spacial score (nSPS) is 11.9. The first-order chi connectivity index (χ1) is 6.97. The lowest BCUT2D eigenvalue weighted by molar-refractivity contribution is 0.609. The third-order valence-corrected chi connectivity index (χ3v) is 3.60. The summed E-state index contributed by atoms with van der Waals surface area (Å²) in [5, 5.41) is 1.89. The smallest absolute Gasteiger partial charge is 0.207 e. The Morgan fingerprint density at radius 1 is 1.00 bits per heavy atom. The number of aryl methyl sites for hydroxylation is 1. The van der Waals surface area contributed by atoms with Crippen LogP contribution in [0, 0.1) is 6.92 Å². The molecule has 0 saturated carbocycles. The largest absolute Gasteiger partial charge is 0.261 e. The Balaban J connectivity index is 2.73. The van der Waals surface area contributed by atoms with Gasteiger partial charge in [-0.2, -0.15) is 0 Å². The van der Waals surface area contributed by atoms with Gasteiger partial charge in [-0.05, 0) is 29.8 Å². The van der Waals surface area contributed by atoms with Crippen molar-refractivity contribution >= 4 is 30.5 Å². The first kappa shape index (κ1) is 10.5. The molecule has 0 saturated heterocycles. The van der Waals surface area contributed by atoms with E-state index in [0.717, 1.165) is 16.3 Å². The SMILES string of the molecule is Cc1ccc2cc(S(=O)(=O)Cl)ccc2c1. The van der Waals surface area contributed by atoms with Gasteiger partial charge in [0.2, 0.25) is 0 Å². The maximum Gasteiger partial charge on any atom is 0.261 e. The van der Waals surface area contributed by atoms with Gasteiger partial charge in [-0.25, -0.2) is 8.42 Å². The van der Waals surface area contributed by atoms with Gasteiger partial charge in [0.25, 0.3) is 9.05 Å². The molecule has 4 heteroatoms. The predicted molar refractivity (Wildman–Crippen MR) is 61.7 cm³/mol. The summed E-state index contributed by atoms with van der Waals surface area (Å²) in [7, 11) is 1.63. The minimum absolute atomic E-state index is 0.139. The van der Waals surface area contributed by atoms with Crippen LogP contribution in [0.25, 0.3) is 10.8 Å². The predicted octanol–water partition coefficient (Wildman–Crippen LogP) is 3.08. The number of hydrogen-bond donors (Lipinski definition) is 0. The third-order valence-electron chi connectivity index (χ3n) is 2.25. The third kappa shape index (κ3) is 2.13. The summed E-state index contributed by atoms with van der Waals surface area (Å²) in [6, 6.07) is 10.7. The van der Waals surface area contributed by atoms with Crippen LogP contribution in [0.4, 0.5) is 0 Å². The summed E-state index contributed by atoms with van der Waals surface area (Å²) in [6.45, 7) is 1.99. The molecule has 0 heterocycles. The van der Waals surface area contributed by atoms with Crippen molar-refractivity contribution in [2.24, 2.45) is 0 Å².